The van der Waals surface area contributed by atoms with Crippen molar-refractivity contribution in [1.29, 1.82) is 0 Å². The fraction of sp³-hybridized carbons (Fsp3) is 0.176. The average Bonchev–Trinajstić information content (AvgIpc) is 2.90. The Morgan fingerprint density at radius 3 is 2.96 bits per heavy atom. The van der Waals surface area contributed by atoms with Crippen LogP contribution >= 0.6 is 22.9 Å². The van der Waals surface area contributed by atoms with Crippen LogP contribution in [0.1, 0.15) is 12.0 Å². The molecule has 0 saturated heterocycles. The van der Waals surface area contributed by atoms with E-state index in [1.807, 2.05) is 31.2 Å². The Bertz CT molecular complexity index is 847. The fourth-order valence-corrected chi connectivity index (χ4v) is 3.25. The maximum absolute atomic E-state index is 12.0. The van der Waals surface area contributed by atoms with Gasteiger partial charge in [-0.15, -0.1) is 0 Å². The summed E-state index contributed by atoms with van der Waals surface area (Å²) in [4.78, 5) is 16.4. The van der Waals surface area contributed by atoms with Gasteiger partial charge in [0.25, 0.3) is 0 Å². The maximum atomic E-state index is 12.0. The number of carbonyl (C=O) groups is 1. The summed E-state index contributed by atoms with van der Waals surface area (Å²) in [6.07, 6.45) is 0.236. The van der Waals surface area contributed by atoms with Crippen molar-refractivity contribution in [2.45, 2.75) is 13.3 Å². The number of benzene rings is 2. The Labute approximate surface area is 143 Å². The number of aromatic nitrogens is 1. The molecule has 1 amide bonds. The minimum atomic E-state index is -0.132. The molecule has 4 nitrogen and oxygen atoms in total. The number of thiazole rings is 1. The number of ether oxygens (including phenoxy) is 1. The first-order valence-corrected chi connectivity index (χ1v) is 8.35. The first-order chi connectivity index (χ1) is 11.1. The summed E-state index contributed by atoms with van der Waals surface area (Å²) in [7, 11) is 0. The summed E-state index contributed by atoms with van der Waals surface area (Å²) in [6, 6.07) is 13.2. The van der Waals surface area contributed by atoms with Crippen LogP contribution in [0.15, 0.2) is 42.5 Å². The standard InChI is InChI=1S/C17H15ClN2O2S/c1-11-6-7-13-15(10-11)23-17(19-13)20-16(21)8-9-22-14-5-3-2-4-12(14)18/h2-7,10H,8-9H2,1H3,(H,19,20,21). The van der Waals surface area contributed by atoms with Crippen LogP contribution in [0, 0.1) is 6.92 Å². The lowest BCUT2D eigenvalue weighted by Gasteiger charge is -2.07. The van der Waals surface area contributed by atoms with Gasteiger partial charge in [0.2, 0.25) is 5.91 Å². The molecule has 0 saturated carbocycles. The highest BCUT2D eigenvalue weighted by Crippen LogP contribution is 2.27. The van der Waals surface area contributed by atoms with Gasteiger partial charge in [0, 0.05) is 0 Å². The molecule has 3 aromatic rings. The van der Waals surface area contributed by atoms with E-state index in [4.69, 9.17) is 16.3 Å². The number of anilines is 1. The minimum Gasteiger partial charge on any atom is -0.491 e. The van der Waals surface area contributed by atoms with Crippen LogP contribution in [0.3, 0.4) is 0 Å². The smallest absolute Gasteiger partial charge is 0.229 e. The summed E-state index contributed by atoms with van der Waals surface area (Å²) in [5, 5.41) is 3.95. The molecule has 118 valence electrons. The lowest BCUT2D eigenvalue weighted by Crippen LogP contribution is -2.15. The molecule has 3 rings (SSSR count). The van der Waals surface area contributed by atoms with Crippen molar-refractivity contribution < 1.29 is 9.53 Å². The van der Waals surface area contributed by atoms with Gasteiger partial charge in [-0.2, -0.15) is 0 Å². The van der Waals surface area contributed by atoms with Gasteiger partial charge >= 0.3 is 0 Å². The van der Waals surface area contributed by atoms with E-state index in [-0.39, 0.29) is 18.9 Å². The Morgan fingerprint density at radius 2 is 2.13 bits per heavy atom. The van der Waals surface area contributed by atoms with Gasteiger partial charge < -0.3 is 10.1 Å². The Kier molecular flexibility index (Phi) is 4.79. The Balaban J connectivity index is 1.55. The van der Waals surface area contributed by atoms with Gasteiger partial charge in [0.1, 0.15) is 5.75 Å². The van der Waals surface area contributed by atoms with Crippen molar-refractivity contribution in [3.8, 4) is 5.75 Å². The molecule has 0 bridgehead atoms. The lowest BCUT2D eigenvalue weighted by atomic mass is 10.2. The van der Waals surface area contributed by atoms with Gasteiger partial charge in [-0.1, -0.05) is 41.1 Å². The third-order valence-corrected chi connectivity index (χ3v) is 4.46. The first kappa shape index (κ1) is 15.8. The van der Waals surface area contributed by atoms with Crippen molar-refractivity contribution in [3.05, 3.63) is 53.1 Å². The van der Waals surface area contributed by atoms with E-state index in [0.717, 1.165) is 10.2 Å². The zero-order valence-corrected chi connectivity index (χ0v) is 14.1. The number of para-hydroxylation sites is 1. The van der Waals surface area contributed by atoms with E-state index >= 15 is 0 Å². The Hall–Kier alpha value is -2.11. The molecule has 0 spiro atoms. The van der Waals surface area contributed by atoms with Gasteiger partial charge in [-0.25, -0.2) is 4.98 Å². The second kappa shape index (κ2) is 6.98. The number of halogens is 1. The molecule has 0 fully saturated rings. The highest BCUT2D eigenvalue weighted by Gasteiger charge is 2.09. The maximum Gasteiger partial charge on any atom is 0.229 e. The lowest BCUT2D eigenvalue weighted by molar-refractivity contribution is -0.116. The summed E-state index contributed by atoms with van der Waals surface area (Å²) in [5.74, 6) is 0.449. The summed E-state index contributed by atoms with van der Waals surface area (Å²) in [5.41, 5.74) is 2.07. The van der Waals surface area contributed by atoms with Crippen LogP contribution < -0.4 is 10.1 Å². The van der Waals surface area contributed by atoms with E-state index in [1.165, 1.54) is 16.9 Å². The fourth-order valence-electron chi connectivity index (χ4n) is 2.08. The molecule has 23 heavy (non-hydrogen) atoms. The second-order valence-corrected chi connectivity index (χ2v) is 6.51. The number of hydrogen-bond donors (Lipinski definition) is 1. The molecule has 1 N–H and O–H groups in total. The van der Waals surface area contributed by atoms with Gasteiger partial charge in [0.05, 0.1) is 28.3 Å². The molecule has 1 aromatic heterocycles. The van der Waals surface area contributed by atoms with Crippen molar-refractivity contribution in [2.75, 3.05) is 11.9 Å². The van der Waals surface area contributed by atoms with Crippen molar-refractivity contribution in [1.82, 2.24) is 4.98 Å². The van der Waals surface area contributed by atoms with Gasteiger partial charge in [-0.3, -0.25) is 4.79 Å². The number of amides is 1. The van der Waals surface area contributed by atoms with E-state index in [2.05, 4.69) is 16.4 Å². The molecule has 6 heteroatoms. The number of fused-ring (bicyclic) bond motifs is 1. The van der Waals surface area contributed by atoms with Crippen LogP contribution in [0.25, 0.3) is 10.2 Å². The quantitative estimate of drug-likeness (QED) is 0.730. The second-order valence-electron chi connectivity index (χ2n) is 5.07. The largest absolute Gasteiger partial charge is 0.491 e. The van der Waals surface area contributed by atoms with Crippen molar-refractivity contribution in [3.63, 3.8) is 0 Å². The molecular formula is C17H15ClN2O2S. The van der Waals surface area contributed by atoms with Crippen LogP contribution in [0.4, 0.5) is 5.13 Å². The Morgan fingerprint density at radius 1 is 1.30 bits per heavy atom. The highest BCUT2D eigenvalue weighted by atomic mass is 35.5. The topological polar surface area (TPSA) is 51.2 Å². The van der Waals surface area contributed by atoms with E-state index in [1.54, 1.807) is 12.1 Å². The van der Waals surface area contributed by atoms with Crippen molar-refractivity contribution in [2.24, 2.45) is 0 Å². The SMILES string of the molecule is Cc1ccc2nc(NC(=O)CCOc3ccccc3Cl)sc2c1. The monoisotopic (exact) mass is 346 g/mol. The molecule has 0 radical (unpaired) electrons. The summed E-state index contributed by atoms with van der Waals surface area (Å²) >= 11 is 7.46. The van der Waals surface area contributed by atoms with Crippen LogP contribution in [-0.4, -0.2) is 17.5 Å². The van der Waals surface area contributed by atoms with Crippen LogP contribution in [-0.2, 0) is 4.79 Å². The molecule has 0 aliphatic rings. The first-order valence-electron chi connectivity index (χ1n) is 7.16. The molecule has 0 atom stereocenters. The highest BCUT2D eigenvalue weighted by molar-refractivity contribution is 7.22. The van der Waals surface area contributed by atoms with Crippen LogP contribution in [0.5, 0.6) is 5.75 Å². The van der Waals surface area contributed by atoms with E-state index in [9.17, 15) is 4.79 Å². The predicted octanol–water partition coefficient (Wildman–Crippen LogP) is 4.67. The van der Waals surface area contributed by atoms with E-state index in [0.29, 0.717) is 15.9 Å². The number of nitrogens with zero attached hydrogens (tertiary/aromatic N) is 1. The van der Waals surface area contributed by atoms with Crippen molar-refractivity contribution >= 4 is 44.2 Å². The normalized spacial score (nSPS) is 10.7. The molecule has 0 aliphatic carbocycles. The number of aryl methyl sites for hydroxylation is 1. The number of rotatable bonds is 5. The molecule has 0 unspecified atom stereocenters. The van der Waals surface area contributed by atoms with Crippen LogP contribution in [0.2, 0.25) is 5.02 Å². The number of carbonyl (C=O) groups excluding carboxylic acids is 1. The van der Waals surface area contributed by atoms with E-state index < -0.39 is 0 Å². The molecule has 1 heterocycles. The number of nitrogens with one attached hydrogen (secondary N) is 1. The summed E-state index contributed by atoms with van der Waals surface area (Å²) < 4.78 is 6.57. The molecular weight excluding hydrogens is 332 g/mol. The molecule has 0 aliphatic heterocycles. The summed E-state index contributed by atoms with van der Waals surface area (Å²) in [6.45, 7) is 2.29. The zero-order valence-electron chi connectivity index (χ0n) is 12.5. The molecule has 2 aromatic carbocycles. The average molecular weight is 347 g/mol. The third kappa shape index (κ3) is 4.00. The minimum absolute atomic E-state index is 0.132. The van der Waals surface area contributed by atoms with Gasteiger partial charge in [-0.05, 0) is 36.8 Å². The third-order valence-electron chi connectivity index (χ3n) is 3.21. The predicted molar refractivity (Wildman–Crippen MR) is 94.6 cm³/mol. The van der Waals surface area contributed by atoms with Gasteiger partial charge in [0.15, 0.2) is 5.13 Å². The zero-order chi connectivity index (χ0) is 16.2. The number of hydrogen-bond acceptors (Lipinski definition) is 4.